The molecule has 0 N–H and O–H groups in total. The second kappa shape index (κ2) is 3.95. The van der Waals surface area contributed by atoms with Crippen molar-refractivity contribution in [1.29, 1.82) is 0 Å². The number of halogens is 2. The van der Waals surface area contributed by atoms with Crippen LogP contribution in [-0.2, 0) is 0 Å². The first-order valence-corrected chi connectivity index (χ1v) is 6.96. The van der Waals surface area contributed by atoms with E-state index < -0.39 is 0 Å². The summed E-state index contributed by atoms with van der Waals surface area (Å²) >= 11 is 9.48. The summed E-state index contributed by atoms with van der Waals surface area (Å²) in [5.41, 5.74) is 1.38. The molecule has 92 valence electrons. The summed E-state index contributed by atoms with van der Waals surface area (Å²) in [6.07, 6.45) is 0. The standard InChI is InChI=1S/C15H7BrClNO/c16-11-7-13(17)18-15-14(11)10-5-8-3-1-2-4-9(8)6-12(10)19-15/h1-7H. The Labute approximate surface area is 122 Å². The first-order chi connectivity index (χ1) is 9.22. The number of aromatic nitrogens is 1. The van der Waals surface area contributed by atoms with Gasteiger partial charge in [-0.2, -0.15) is 0 Å². The Kier molecular flexibility index (Phi) is 2.34. The maximum Gasteiger partial charge on any atom is 0.229 e. The zero-order valence-corrected chi connectivity index (χ0v) is 12.0. The van der Waals surface area contributed by atoms with Crippen LogP contribution >= 0.6 is 27.5 Å². The molecule has 0 spiro atoms. The number of hydrogen-bond acceptors (Lipinski definition) is 2. The molecule has 0 fully saturated rings. The fourth-order valence-electron chi connectivity index (χ4n) is 2.39. The molecule has 0 bridgehead atoms. The van der Waals surface area contributed by atoms with Gasteiger partial charge in [-0.15, -0.1) is 0 Å². The van der Waals surface area contributed by atoms with Gasteiger partial charge in [0.05, 0.1) is 5.39 Å². The predicted octanol–water partition coefficient (Wildman–Crippen LogP) is 5.55. The van der Waals surface area contributed by atoms with Crippen LogP contribution in [0.2, 0.25) is 5.15 Å². The van der Waals surface area contributed by atoms with E-state index in [1.807, 2.05) is 18.2 Å². The SMILES string of the molecule is Clc1cc(Br)c2c(n1)oc1cc3ccccc3cc12. The molecule has 2 aromatic carbocycles. The second-order valence-corrected chi connectivity index (χ2v) is 5.65. The summed E-state index contributed by atoms with van der Waals surface area (Å²) in [6, 6.07) is 14.1. The lowest BCUT2D eigenvalue weighted by atomic mass is 10.1. The monoisotopic (exact) mass is 331 g/mol. The van der Waals surface area contributed by atoms with E-state index in [2.05, 4.69) is 39.1 Å². The molecule has 4 rings (SSSR count). The second-order valence-electron chi connectivity index (χ2n) is 4.40. The number of hydrogen-bond donors (Lipinski definition) is 0. The molecular formula is C15H7BrClNO. The molecule has 0 saturated carbocycles. The highest BCUT2D eigenvalue weighted by Crippen LogP contribution is 2.36. The Bertz CT molecular complexity index is 945. The van der Waals surface area contributed by atoms with Gasteiger partial charge in [0.2, 0.25) is 5.71 Å². The van der Waals surface area contributed by atoms with Gasteiger partial charge in [0, 0.05) is 9.86 Å². The zero-order valence-electron chi connectivity index (χ0n) is 9.65. The molecule has 0 aliphatic carbocycles. The first kappa shape index (κ1) is 11.3. The van der Waals surface area contributed by atoms with Crippen LogP contribution in [0.5, 0.6) is 0 Å². The minimum Gasteiger partial charge on any atom is -0.438 e. The van der Waals surface area contributed by atoms with E-state index in [0.717, 1.165) is 26.2 Å². The summed E-state index contributed by atoms with van der Waals surface area (Å²) in [5.74, 6) is 0. The van der Waals surface area contributed by atoms with E-state index in [1.54, 1.807) is 6.07 Å². The molecule has 4 heteroatoms. The fraction of sp³-hybridized carbons (Fsp3) is 0. The van der Waals surface area contributed by atoms with Gasteiger partial charge in [0.15, 0.2) is 0 Å². The summed E-state index contributed by atoms with van der Waals surface area (Å²) < 4.78 is 6.70. The van der Waals surface area contributed by atoms with Crippen LogP contribution in [0.1, 0.15) is 0 Å². The van der Waals surface area contributed by atoms with Gasteiger partial charge in [0.1, 0.15) is 10.7 Å². The van der Waals surface area contributed by atoms with Crippen LogP contribution in [0.25, 0.3) is 32.8 Å². The van der Waals surface area contributed by atoms with Gasteiger partial charge in [0.25, 0.3) is 0 Å². The van der Waals surface area contributed by atoms with Crippen molar-refractivity contribution in [2.75, 3.05) is 0 Å². The minimum absolute atomic E-state index is 0.419. The van der Waals surface area contributed by atoms with Crippen LogP contribution < -0.4 is 0 Å². The number of benzene rings is 2. The molecule has 19 heavy (non-hydrogen) atoms. The number of furan rings is 1. The smallest absolute Gasteiger partial charge is 0.229 e. The largest absolute Gasteiger partial charge is 0.438 e. The Hall–Kier alpha value is -1.58. The molecule has 2 aromatic heterocycles. The molecule has 0 saturated heterocycles. The summed E-state index contributed by atoms with van der Waals surface area (Å²) in [5, 5.41) is 4.76. The Morgan fingerprint density at radius 2 is 1.79 bits per heavy atom. The third-order valence-corrected chi connectivity index (χ3v) is 4.05. The van der Waals surface area contributed by atoms with Gasteiger partial charge in [-0.1, -0.05) is 35.9 Å². The van der Waals surface area contributed by atoms with Crippen LogP contribution in [0.3, 0.4) is 0 Å². The molecule has 0 atom stereocenters. The Morgan fingerprint density at radius 3 is 2.58 bits per heavy atom. The molecular weight excluding hydrogens is 326 g/mol. The summed E-state index contributed by atoms with van der Waals surface area (Å²) in [4.78, 5) is 4.23. The highest BCUT2D eigenvalue weighted by atomic mass is 79.9. The van der Waals surface area contributed by atoms with Gasteiger partial charge in [-0.25, -0.2) is 4.98 Å². The maximum atomic E-state index is 5.96. The molecule has 2 heterocycles. The lowest BCUT2D eigenvalue weighted by Gasteiger charge is -1.97. The van der Waals surface area contributed by atoms with Crippen molar-refractivity contribution in [1.82, 2.24) is 4.98 Å². The number of rotatable bonds is 0. The zero-order chi connectivity index (χ0) is 13.0. The van der Waals surface area contributed by atoms with Crippen molar-refractivity contribution < 1.29 is 4.42 Å². The maximum absolute atomic E-state index is 5.96. The van der Waals surface area contributed by atoms with Crippen molar-refractivity contribution >= 4 is 60.4 Å². The van der Waals surface area contributed by atoms with Gasteiger partial charge < -0.3 is 4.42 Å². The lowest BCUT2D eigenvalue weighted by Crippen LogP contribution is -1.77. The molecule has 0 aliphatic rings. The average Bonchev–Trinajstić information content (AvgIpc) is 2.72. The van der Waals surface area contributed by atoms with E-state index in [-0.39, 0.29) is 0 Å². The Balaban J connectivity index is 2.26. The van der Waals surface area contributed by atoms with E-state index in [0.29, 0.717) is 10.9 Å². The molecule has 0 amide bonds. The third-order valence-electron chi connectivity index (χ3n) is 3.23. The first-order valence-electron chi connectivity index (χ1n) is 5.79. The van der Waals surface area contributed by atoms with Gasteiger partial charge >= 0.3 is 0 Å². The molecule has 0 radical (unpaired) electrons. The van der Waals surface area contributed by atoms with Gasteiger partial charge in [-0.3, -0.25) is 0 Å². The normalized spacial score (nSPS) is 11.7. The van der Waals surface area contributed by atoms with Crippen molar-refractivity contribution in [2.24, 2.45) is 0 Å². The van der Waals surface area contributed by atoms with E-state index >= 15 is 0 Å². The van der Waals surface area contributed by atoms with E-state index in [9.17, 15) is 0 Å². The molecule has 4 aromatic rings. The Morgan fingerprint density at radius 1 is 1.05 bits per heavy atom. The van der Waals surface area contributed by atoms with Crippen molar-refractivity contribution in [3.8, 4) is 0 Å². The highest BCUT2D eigenvalue weighted by Gasteiger charge is 2.13. The van der Waals surface area contributed by atoms with Crippen LogP contribution in [0.15, 0.2) is 51.4 Å². The van der Waals surface area contributed by atoms with Crippen molar-refractivity contribution in [3.63, 3.8) is 0 Å². The highest BCUT2D eigenvalue weighted by molar-refractivity contribution is 9.10. The number of pyridine rings is 1. The lowest BCUT2D eigenvalue weighted by molar-refractivity contribution is 0.654. The van der Waals surface area contributed by atoms with E-state index in [1.165, 1.54) is 5.39 Å². The fourth-order valence-corrected chi connectivity index (χ4v) is 3.30. The van der Waals surface area contributed by atoms with Crippen LogP contribution in [-0.4, -0.2) is 4.98 Å². The van der Waals surface area contributed by atoms with E-state index in [4.69, 9.17) is 16.0 Å². The minimum atomic E-state index is 0.419. The third kappa shape index (κ3) is 1.66. The molecule has 2 nitrogen and oxygen atoms in total. The topological polar surface area (TPSA) is 26.0 Å². The average molecular weight is 333 g/mol. The number of nitrogens with zero attached hydrogens (tertiary/aromatic N) is 1. The van der Waals surface area contributed by atoms with Crippen LogP contribution in [0.4, 0.5) is 0 Å². The van der Waals surface area contributed by atoms with Crippen molar-refractivity contribution in [3.05, 3.63) is 52.1 Å². The summed E-state index contributed by atoms with van der Waals surface area (Å²) in [7, 11) is 0. The van der Waals surface area contributed by atoms with Gasteiger partial charge in [-0.05, 0) is 44.9 Å². The summed E-state index contributed by atoms with van der Waals surface area (Å²) in [6.45, 7) is 0. The van der Waals surface area contributed by atoms with Crippen LogP contribution in [0, 0.1) is 0 Å². The quantitative estimate of drug-likeness (QED) is 0.395. The predicted molar refractivity (Wildman–Crippen MR) is 81.7 cm³/mol. The van der Waals surface area contributed by atoms with Crippen molar-refractivity contribution in [2.45, 2.75) is 0 Å². The number of fused-ring (bicyclic) bond motifs is 4. The molecule has 0 aliphatic heterocycles. The molecule has 0 unspecified atom stereocenters.